The van der Waals surface area contributed by atoms with Crippen LogP contribution < -0.4 is 0 Å². The van der Waals surface area contributed by atoms with Crippen molar-refractivity contribution >= 4 is 12.0 Å². The predicted molar refractivity (Wildman–Crippen MR) is 59.6 cm³/mol. The van der Waals surface area contributed by atoms with Gasteiger partial charge in [0.25, 0.3) is 0 Å². The summed E-state index contributed by atoms with van der Waals surface area (Å²) in [6, 6.07) is 3.79. The van der Waals surface area contributed by atoms with Crippen molar-refractivity contribution in [1.82, 2.24) is 4.98 Å². The minimum Gasteiger partial charge on any atom is -0.478 e. The molecule has 0 radical (unpaired) electrons. The number of pyridine rings is 1. The van der Waals surface area contributed by atoms with Gasteiger partial charge in [0.1, 0.15) is 0 Å². The van der Waals surface area contributed by atoms with Gasteiger partial charge < -0.3 is 5.11 Å². The molecule has 80 valence electrons. The number of carboxylic acids is 1. The molecule has 3 nitrogen and oxygen atoms in total. The zero-order valence-corrected chi connectivity index (χ0v) is 9.19. The van der Waals surface area contributed by atoms with Crippen molar-refractivity contribution in [3.05, 3.63) is 35.7 Å². The largest absolute Gasteiger partial charge is 0.478 e. The normalized spacial score (nSPS) is 11.9. The van der Waals surface area contributed by atoms with E-state index in [9.17, 15) is 4.79 Å². The van der Waals surface area contributed by atoms with Crippen molar-refractivity contribution in [2.45, 2.75) is 26.2 Å². The molecule has 0 aliphatic rings. The quantitative estimate of drug-likeness (QED) is 0.754. The van der Waals surface area contributed by atoms with Gasteiger partial charge in [-0.2, -0.15) is 0 Å². The lowest BCUT2D eigenvalue weighted by atomic mass is 9.91. The van der Waals surface area contributed by atoms with Crippen molar-refractivity contribution in [2.75, 3.05) is 0 Å². The zero-order chi connectivity index (χ0) is 11.5. The van der Waals surface area contributed by atoms with Crippen LogP contribution in [0.1, 0.15) is 32.0 Å². The van der Waals surface area contributed by atoms with Gasteiger partial charge in [0.2, 0.25) is 0 Å². The van der Waals surface area contributed by atoms with Crippen LogP contribution in [0.4, 0.5) is 0 Å². The number of aliphatic carboxylic acids is 1. The first-order valence-electron chi connectivity index (χ1n) is 4.77. The molecular weight excluding hydrogens is 190 g/mol. The molecule has 0 aromatic carbocycles. The Morgan fingerprint density at radius 2 is 2.07 bits per heavy atom. The summed E-state index contributed by atoms with van der Waals surface area (Å²) in [6.45, 7) is 6.26. The van der Waals surface area contributed by atoms with Crippen LogP contribution in [0.15, 0.2) is 24.4 Å². The zero-order valence-electron chi connectivity index (χ0n) is 9.19. The summed E-state index contributed by atoms with van der Waals surface area (Å²) >= 11 is 0. The van der Waals surface area contributed by atoms with Gasteiger partial charge in [-0.1, -0.05) is 26.8 Å². The fraction of sp³-hybridized carbons (Fsp3) is 0.333. The van der Waals surface area contributed by atoms with E-state index < -0.39 is 5.97 Å². The second-order valence-electron chi connectivity index (χ2n) is 4.40. The first kappa shape index (κ1) is 11.4. The molecule has 3 heteroatoms. The van der Waals surface area contributed by atoms with Gasteiger partial charge in [0.15, 0.2) is 0 Å². The Bertz CT molecular complexity index is 372. The molecular formula is C12H15NO2. The average Bonchev–Trinajstić information content (AvgIpc) is 2.14. The molecule has 1 aromatic rings. The number of hydrogen-bond acceptors (Lipinski definition) is 2. The van der Waals surface area contributed by atoms with Crippen LogP contribution in [0.25, 0.3) is 6.08 Å². The molecule has 0 unspecified atom stereocenters. The Hall–Kier alpha value is -1.64. The monoisotopic (exact) mass is 205 g/mol. The smallest absolute Gasteiger partial charge is 0.328 e. The SMILES string of the molecule is CC(C)(C)c1ccc(C=CC(=O)O)cn1. The van der Waals surface area contributed by atoms with Crippen LogP contribution in [-0.2, 0) is 10.2 Å². The highest BCUT2D eigenvalue weighted by Gasteiger charge is 2.14. The highest BCUT2D eigenvalue weighted by Crippen LogP contribution is 2.19. The maximum atomic E-state index is 10.3. The minimum absolute atomic E-state index is 0.0229. The van der Waals surface area contributed by atoms with E-state index in [1.165, 1.54) is 6.08 Å². The molecule has 1 aromatic heterocycles. The second-order valence-corrected chi connectivity index (χ2v) is 4.40. The van der Waals surface area contributed by atoms with Crippen LogP contribution in [-0.4, -0.2) is 16.1 Å². The summed E-state index contributed by atoms with van der Waals surface area (Å²) in [5, 5.41) is 8.45. The van der Waals surface area contributed by atoms with Crippen LogP contribution in [0.3, 0.4) is 0 Å². The fourth-order valence-corrected chi connectivity index (χ4v) is 1.12. The molecule has 0 aliphatic heterocycles. The number of hydrogen-bond donors (Lipinski definition) is 1. The number of rotatable bonds is 2. The van der Waals surface area contributed by atoms with Crippen LogP contribution >= 0.6 is 0 Å². The molecule has 0 aliphatic carbocycles. The maximum absolute atomic E-state index is 10.3. The van der Waals surface area contributed by atoms with Crippen molar-refractivity contribution in [3.63, 3.8) is 0 Å². The summed E-state index contributed by atoms with van der Waals surface area (Å²) in [7, 11) is 0. The molecule has 15 heavy (non-hydrogen) atoms. The second kappa shape index (κ2) is 4.26. The molecule has 0 amide bonds. The summed E-state index contributed by atoms with van der Waals surface area (Å²) in [4.78, 5) is 14.6. The van der Waals surface area contributed by atoms with E-state index >= 15 is 0 Å². The van der Waals surface area contributed by atoms with E-state index in [2.05, 4.69) is 25.8 Å². The Morgan fingerprint density at radius 1 is 1.40 bits per heavy atom. The van der Waals surface area contributed by atoms with Gasteiger partial charge in [-0.05, 0) is 17.7 Å². The van der Waals surface area contributed by atoms with Gasteiger partial charge >= 0.3 is 5.97 Å². The van der Waals surface area contributed by atoms with Crippen molar-refractivity contribution < 1.29 is 9.90 Å². The topological polar surface area (TPSA) is 50.2 Å². The first-order valence-corrected chi connectivity index (χ1v) is 4.77. The van der Waals surface area contributed by atoms with Crippen molar-refractivity contribution in [3.8, 4) is 0 Å². The van der Waals surface area contributed by atoms with Gasteiger partial charge in [0.05, 0.1) is 0 Å². The molecule has 1 heterocycles. The highest BCUT2D eigenvalue weighted by atomic mass is 16.4. The van der Waals surface area contributed by atoms with E-state index in [0.717, 1.165) is 17.3 Å². The number of carbonyl (C=O) groups is 1. The van der Waals surface area contributed by atoms with Crippen LogP contribution in [0, 0.1) is 0 Å². The highest BCUT2D eigenvalue weighted by molar-refractivity contribution is 5.85. The number of aromatic nitrogens is 1. The summed E-state index contributed by atoms with van der Waals surface area (Å²) in [6.07, 6.45) is 4.32. The molecule has 0 bridgehead atoms. The van der Waals surface area contributed by atoms with Gasteiger partial charge in [-0.25, -0.2) is 4.79 Å². The molecule has 0 saturated carbocycles. The van der Waals surface area contributed by atoms with Crippen LogP contribution in [0.5, 0.6) is 0 Å². The van der Waals surface area contributed by atoms with E-state index in [1.807, 2.05) is 12.1 Å². The number of nitrogens with zero attached hydrogens (tertiary/aromatic N) is 1. The van der Waals surface area contributed by atoms with Crippen molar-refractivity contribution in [1.29, 1.82) is 0 Å². The molecule has 0 spiro atoms. The van der Waals surface area contributed by atoms with Gasteiger partial charge in [-0.3, -0.25) is 4.98 Å². The number of carboxylic acid groups (broad SMARTS) is 1. The lowest BCUT2D eigenvalue weighted by molar-refractivity contribution is -0.131. The Balaban J connectivity index is 2.86. The summed E-state index contributed by atoms with van der Waals surface area (Å²) in [5.74, 6) is -0.949. The molecule has 1 N–H and O–H groups in total. The average molecular weight is 205 g/mol. The molecule has 1 rings (SSSR count). The Labute approximate surface area is 89.5 Å². The molecule has 0 atom stereocenters. The maximum Gasteiger partial charge on any atom is 0.328 e. The molecule has 0 fully saturated rings. The fourth-order valence-electron chi connectivity index (χ4n) is 1.12. The van der Waals surface area contributed by atoms with Crippen LogP contribution in [0.2, 0.25) is 0 Å². The molecule has 0 saturated heterocycles. The Kier molecular flexibility index (Phi) is 3.24. The summed E-state index contributed by atoms with van der Waals surface area (Å²) in [5.41, 5.74) is 1.81. The third-order valence-electron chi connectivity index (χ3n) is 1.97. The van der Waals surface area contributed by atoms with Crippen molar-refractivity contribution in [2.24, 2.45) is 0 Å². The third-order valence-corrected chi connectivity index (χ3v) is 1.97. The third kappa shape index (κ3) is 3.54. The minimum atomic E-state index is -0.949. The van der Waals surface area contributed by atoms with E-state index in [4.69, 9.17) is 5.11 Å². The lowest BCUT2D eigenvalue weighted by Gasteiger charge is -2.17. The predicted octanol–water partition coefficient (Wildman–Crippen LogP) is 2.48. The van der Waals surface area contributed by atoms with Gasteiger partial charge in [0, 0.05) is 23.4 Å². The Morgan fingerprint density at radius 3 is 2.47 bits per heavy atom. The standard InChI is InChI=1S/C12H15NO2/c1-12(2,3)10-6-4-9(8-13-10)5-7-11(14)15/h4-8H,1-3H3,(H,14,15). The lowest BCUT2D eigenvalue weighted by Crippen LogP contribution is -2.12. The van der Waals surface area contributed by atoms with E-state index in [-0.39, 0.29) is 5.41 Å². The van der Waals surface area contributed by atoms with E-state index in [1.54, 1.807) is 6.20 Å². The first-order chi connectivity index (χ1) is 6.89. The van der Waals surface area contributed by atoms with Gasteiger partial charge in [-0.15, -0.1) is 0 Å². The van der Waals surface area contributed by atoms with E-state index in [0.29, 0.717) is 0 Å². The summed E-state index contributed by atoms with van der Waals surface area (Å²) < 4.78 is 0.